The molecule has 0 fully saturated rings. The molecule has 1 heteroatoms. The van der Waals surface area contributed by atoms with Gasteiger partial charge in [-0.15, -0.1) is 0 Å². The lowest BCUT2D eigenvalue weighted by Crippen LogP contribution is -2.02. The van der Waals surface area contributed by atoms with Crippen LogP contribution in [-0.4, -0.2) is 7.05 Å². The molecule has 0 radical (unpaired) electrons. The molecule has 0 bridgehead atoms. The normalized spacial score (nSPS) is 12.5. The van der Waals surface area contributed by atoms with E-state index in [0.717, 1.165) is 5.92 Å². The van der Waals surface area contributed by atoms with Gasteiger partial charge in [0.2, 0.25) is 0 Å². The van der Waals surface area contributed by atoms with E-state index in [0.29, 0.717) is 0 Å². The van der Waals surface area contributed by atoms with Crippen molar-refractivity contribution >= 4 is 5.69 Å². The molecule has 1 aromatic carbocycles. The van der Waals surface area contributed by atoms with Crippen molar-refractivity contribution in [1.29, 1.82) is 0 Å². The van der Waals surface area contributed by atoms with E-state index in [-0.39, 0.29) is 0 Å². The molecule has 90 valence electrons. The third-order valence-corrected chi connectivity index (χ3v) is 3.35. The van der Waals surface area contributed by atoms with Gasteiger partial charge in [-0.25, -0.2) is 0 Å². The molecule has 1 nitrogen and oxygen atoms in total. The molecule has 1 atom stereocenters. The maximum absolute atomic E-state index is 3.29. The van der Waals surface area contributed by atoms with Crippen LogP contribution in [0.5, 0.6) is 0 Å². The number of aryl methyl sites for hydroxylation is 1. The molecule has 0 aliphatic heterocycles. The zero-order valence-electron chi connectivity index (χ0n) is 11.1. The molecular weight excluding hydrogens is 194 g/mol. The van der Waals surface area contributed by atoms with Crippen molar-refractivity contribution in [3.05, 3.63) is 29.3 Å². The molecule has 0 aliphatic carbocycles. The second-order valence-electron chi connectivity index (χ2n) is 4.78. The zero-order chi connectivity index (χ0) is 12.0. The lowest BCUT2D eigenvalue weighted by molar-refractivity contribution is 0.486. The van der Waals surface area contributed by atoms with Crippen LogP contribution in [0.15, 0.2) is 18.2 Å². The first-order valence-electron chi connectivity index (χ1n) is 6.45. The Morgan fingerprint density at radius 2 is 2.00 bits per heavy atom. The summed E-state index contributed by atoms with van der Waals surface area (Å²) in [6, 6.07) is 6.51. The Kier molecular flexibility index (Phi) is 5.37. The molecule has 0 amide bonds. The van der Waals surface area contributed by atoms with Gasteiger partial charge in [0, 0.05) is 12.7 Å². The molecule has 0 aromatic heterocycles. The summed E-state index contributed by atoms with van der Waals surface area (Å²) in [6.45, 7) is 6.84. The maximum atomic E-state index is 3.29. The van der Waals surface area contributed by atoms with E-state index >= 15 is 0 Å². The van der Waals surface area contributed by atoms with Gasteiger partial charge in [-0.3, -0.25) is 0 Å². The van der Waals surface area contributed by atoms with Crippen molar-refractivity contribution < 1.29 is 0 Å². The van der Waals surface area contributed by atoms with Crippen molar-refractivity contribution in [2.75, 3.05) is 12.4 Å². The van der Waals surface area contributed by atoms with E-state index < -0.39 is 0 Å². The predicted molar refractivity (Wildman–Crippen MR) is 73.1 cm³/mol. The fraction of sp³-hybridized carbons (Fsp3) is 0.600. The fourth-order valence-corrected chi connectivity index (χ4v) is 2.30. The van der Waals surface area contributed by atoms with Gasteiger partial charge in [0.05, 0.1) is 0 Å². The van der Waals surface area contributed by atoms with Crippen molar-refractivity contribution in [2.45, 2.75) is 46.5 Å². The Labute approximate surface area is 100 Å². The van der Waals surface area contributed by atoms with Gasteiger partial charge in [0.1, 0.15) is 0 Å². The lowest BCUT2D eigenvalue weighted by atomic mass is 9.94. The SMILES string of the molecule is CCCC(C)CCc1c(C)cccc1NC. The molecule has 0 aliphatic rings. The first-order chi connectivity index (χ1) is 7.69. The van der Waals surface area contributed by atoms with Crippen LogP contribution in [0.4, 0.5) is 5.69 Å². The first-order valence-corrected chi connectivity index (χ1v) is 6.45. The van der Waals surface area contributed by atoms with Crippen LogP contribution in [0.3, 0.4) is 0 Å². The van der Waals surface area contributed by atoms with Gasteiger partial charge < -0.3 is 5.32 Å². The van der Waals surface area contributed by atoms with Gasteiger partial charge in [-0.1, -0.05) is 38.8 Å². The second-order valence-corrected chi connectivity index (χ2v) is 4.78. The third kappa shape index (κ3) is 3.55. The zero-order valence-corrected chi connectivity index (χ0v) is 11.1. The Hall–Kier alpha value is -0.980. The van der Waals surface area contributed by atoms with Crippen LogP contribution in [0.1, 0.15) is 44.2 Å². The highest BCUT2D eigenvalue weighted by molar-refractivity contribution is 5.54. The predicted octanol–water partition coefficient (Wildman–Crippen LogP) is 4.41. The Morgan fingerprint density at radius 1 is 1.25 bits per heavy atom. The van der Waals surface area contributed by atoms with Gasteiger partial charge in [-0.05, 0) is 42.9 Å². The molecule has 1 unspecified atom stereocenters. The van der Waals surface area contributed by atoms with Crippen LogP contribution in [0.25, 0.3) is 0 Å². The number of anilines is 1. The van der Waals surface area contributed by atoms with Crippen molar-refractivity contribution in [3.8, 4) is 0 Å². The number of rotatable bonds is 6. The summed E-state index contributed by atoms with van der Waals surface area (Å²) >= 11 is 0. The van der Waals surface area contributed by atoms with E-state index in [2.05, 4.69) is 44.3 Å². The number of nitrogens with one attached hydrogen (secondary N) is 1. The minimum Gasteiger partial charge on any atom is -0.388 e. The summed E-state index contributed by atoms with van der Waals surface area (Å²) in [4.78, 5) is 0. The van der Waals surface area contributed by atoms with Crippen LogP contribution >= 0.6 is 0 Å². The fourth-order valence-electron chi connectivity index (χ4n) is 2.30. The number of hydrogen-bond acceptors (Lipinski definition) is 1. The quantitative estimate of drug-likeness (QED) is 0.747. The summed E-state index contributed by atoms with van der Waals surface area (Å²) in [6.07, 6.45) is 5.14. The van der Waals surface area contributed by atoms with Gasteiger partial charge in [0.25, 0.3) is 0 Å². The monoisotopic (exact) mass is 219 g/mol. The molecule has 16 heavy (non-hydrogen) atoms. The van der Waals surface area contributed by atoms with Crippen molar-refractivity contribution in [3.63, 3.8) is 0 Å². The van der Waals surface area contributed by atoms with Crippen LogP contribution < -0.4 is 5.32 Å². The van der Waals surface area contributed by atoms with Crippen molar-refractivity contribution in [1.82, 2.24) is 0 Å². The van der Waals surface area contributed by atoms with E-state index in [1.807, 2.05) is 7.05 Å². The first kappa shape index (κ1) is 13.1. The largest absolute Gasteiger partial charge is 0.388 e. The second kappa shape index (κ2) is 6.57. The number of hydrogen-bond donors (Lipinski definition) is 1. The maximum Gasteiger partial charge on any atom is 0.0372 e. The lowest BCUT2D eigenvalue weighted by Gasteiger charge is -2.15. The topological polar surface area (TPSA) is 12.0 Å². The van der Waals surface area contributed by atoms with E-state index in [1.54, 1.807) is 0 Å². The highest BCUT2D eigenvalue weighted by Gasteiger charge is 2.07. The molecular formula is C15H25N. The highest BCUT2D eigenvalue weighted by atomic mass is 14.8. The van der Waals surface area contributed by atoms with Crippen LogP contribution in [-0.2, 0) is 6.42 Å². The smallest absolute Gasteiger partial charge is 0.0372 e. The Bertz CT molecular complexity index is 317. The Morgan fingerprint density at radius 3 is 2.62 bits per heavy atom. The standard InChI is InChI=1S/C15H25N/c1-5-7-12(2)10-11-14-13(3)8-6-9-15(14)16-4/h6,8-9,12,16H,5,7,10-11H2,1-4H3. The summed E-state index contributed by atoms with van der Waals surface area (Å²) in [5, 5.41) is 3.29. The molecule has 0 heterocycles. The highest BCUT2D eigenvalue weighted by Crippen LogP contribution is 2.23. The molecule has 0 saturated carbocycles. The van der Waals surface area contributed by atoms with E-state index in [9.17, 15) is 0 Å². The molecule has 0 saturated heterocycles. The van der Waals surface area contributed by atoms with Gasteiger partial charge in [0.15, 0.2) is 0 Å². The minimum absolute atomic E-state index is 0.842. The molecule has 1 N–H and O–H groups in total. The van der Waals surface area contributed by atoms with Gasteiger partial charge in [-0.2, -0.15) is 0 Å². The Balaban J connectivity index is 2.65. The summed E-state index contributed by atoms with van der Waals surface area (Å²) < 4.78 is 0. The molecule has 0 spiro atoms. The average Bonchev–Trinajstić information content (AvgIpc) is 2.27. The summed E-state index contributed by atoms with van der Waals surface area (Å²) in [7, 11) is 2.01. The minimum atomic E-state index is 0.842. The number of benzene rings is 1. The van der Waals surface area contributed by atoms with Crippen LogP contribution in [0, 0.1) is 12.8 Å². The van der Waals surface area contributed by atoms with Crippen molar-refractivity contribution in [2.24, 2.45) is 5.92 Å². The van der Waals surface area contributed by atoms with Gasteiger partial charge >= 0.3 is 0 Å². The summed E-state index contributed by atoms with van der Waals surface area (Å²) in [5.74, 6) is 0.842. The summed E-state index contributed by atoms with van der Waals surface area (Å²) in [5.41, 5.74) is 4.20. The average molecular weight is 219 g/mol. The third-order valence-electron chi connectivity index (χ3n) is 3.35. The van der Waals surface area contributed by atoms with E-state index in [4.69, 9.17) is 0 Å². The molecule has 1 rings (SSSR count). The van der Waals surface area contributed by atoms with Crippen LogP contribution in [0.2, 0.25) is 0 Å². The molecule has 1 aromatic rings. The van der Waals surface area contributed by atoms with E-state index in [1.165, 1.54) is 42.5 Å².